The summed E-state index contributed by atoms with van der Waals surface area (Å²) in [6.07, 6.45) is 2.96. The van der Waals surface area contributed by atoms with Gasteiger partial charge in [-0.3, -0.25) is 5.41 Å². The summed E-state index contributed by atoms with van der Waals surface area (Å²) in [5, 5.41) is 22.9. The Morgan fingerprint density at radius 1 is 1.03 bits per heavy atom. The van der Waals surface area contributed by atoms with E-state index in [-0.39, 0.29) is 34.7 Å². The summed E-state index contributed by atoms with van der Waals surface area (Å²) in [5.74, 6) is -2.80. The van der Waals surface area contributed by atoms with Gasteiger partial charge in [-0.2, -0.15) is 0 Å². The Morgan fingerprint density at radius 3 is 2.22 bits per heavy atom. The van der Waals surface area contributed by atoms with Gasteiger partial charge in [0.25, 0.3) is 0 Å². The Bertz CT molecular complexity index is 1300. The van der Waals surface area contributed by atoms with E-state index in [0.717, 1.165) is 23.0 Å². The van der Waals surface area contributed by atoms with Crippen molar-refractivity contribution in [1.29, 1.82) is 10.8 Å². The van der Waals surface area contributed by atoms with Crippen molar-refractivity contribution in [3.63, 3.8) is 0 Å². The Morgan fingerprint density at radius 2 is 1.68 bits per heavy atom. The molecule has 3 aromatic rings. The monoisotopic (exact) mass is 554 g/mol. The summed E-state index contributed by atoms with van der Waals surface area (Å²) >= 11 is 0. The van der Waals surface area contributed by atoms with Crippen molar-refractivity contribution in [2.45, 2.75) is 25.7 Å². The van der Waals surface area contributed by atoms with E-state index in [0.29, 0.717) is 23.9 Å². The maximum atomic E-state index is 14.4. The third kappa shape index (κ3) is 6.23. The molecule has 5 nitrogen and oxygen atoms in total. The molecule has 4 rings (SSSR count). The summed E-state index contributed by atoms with van der Waals surface area (Å²) in [4.78, 5) is 2.04. The van der Waals surface area contributed by atoms with Crippen molar-refractivity contribution in [3.8, 4) is 5.75 Å². The van der Waals surface area contributed by atoms with Gasteiger partial charge < -0.3 is 20.2 Å². The number of aliphatic hydroxyl groups excluding tert-OH is 1. The van der Waals surface area contributed by atoms with E-state index in [9.17, 15) is 13.2 Å². The second-order valence-electron chi connectivity index (χ2n) is 8.43. The van der Waals surface area contributed by atoms with Crippen LogP contribution in [0.15, 0.2) is 72.4 Å². The van der Waals surface area contributed by atoms with Crippen molar-refractivity contribution in [2.75, 3.05) is 18.6 Å². The van der Waals surface area contributed by atoms with Crippen LogP contribution < -0.4 is 9.64 Å². The van der Waals surface area contributed by atoms with Gasteiger partial charge in [-0.25, -0.2) is 13.2 Å². The molecule has 9 heteroatoms. The SMILES string of the molecule is CCN1/C(=C\C=N)C(C)(Cc2cc(F)c(F)cc2F)c2cc(OC)ccc21.N=C(O)c1ccccc1.[Co]. The zero-order valence-electron chi connectivity index (χ0n) is 20.6. The molecule has 0 saturated carbocycles. The molecule has 0 aliphatic carbocycles. The molecule has 1 unspecified atom stereocenters. The van der Waals surface area contributed by atoms with Gasteiger partial charge in [-0.15, -0.1) is 0 Å². The maximum Gasteiger partial charge on any atom is 0.210 e. The smallest absolute Gasteiger partial charge is 0.210 e. The molecule has 0 spiro atoms. The Kier molecular flexibility index (Phi) is 10.1. The van der Waals surface area contributed by atoms with Gasteiger partial charge in [0, 0.05) is 58.0 Å². The number of allylic oxidation sites excluding steroid dienone is 2. The van der Waals surface area contributed by atoms with Crippen molar-refractivity contribution in [1.82, 2.24) is 0 Å². The van der Waals surface area contributed by atoms with Crippen molar-refractivity contribution < 1.29 is 39.8 Å². The number of ether oxygens (including phenoxy) is 1. The van der Waals surface area contributed by atoms with Crippen LogP contribution in [0.1, 0.15) is 30.5 Å². The molecule has 1 atom stereocenters. The number of nitrogens with zero attached hydrogens (tertiary/aromatic N) is 1. The molecule has 0 amide bonds. The van der Waals surface area contributed by atoms with E-state index in [4.69, 9.17) is 20.7 Å². The van der Waals surface area contributed by atoms with Crippen LogP contribution in [0, 0.1) is 28.3 Å². The van der Waals surface area contributed by atoms with Crippen LogP contribution in [0.25, 0.3) is 0 Å². The second kappa shape index (κ2) is 12.6. The van der Waals surface area contributed by atoms with Crippen LogP contribution in [0.3, 0.4) is 0 Å². The first kappa shape index (κ1) is 29.7. The zero-order valence-corrected chi connectivity index (χ0v) is 21.7. The molecule has 3 aromatic carbocycles. The molecule has 1 aliphatic heterocycles. The van der Waals surface area contributed by atoms with Crippen LogP contribution in [-0.2, 0) is 28.6 Å². The van der Waals surface area contributed by atoms with E-state index in [1.54, 1.807) is 37.5 Å². The van der Waals surface area contributed by atoms with Crippen LogP contribution in [0.2, 0.25) is 0 Å². The molecule has 0 fully saturated rings. The van der Waals surface area contributed by atoms with Gasteiger partial charge in [-0.1, -0.05) is 18.2 Å². The van der Waals surface area contributed by atoms with Gasteiger partial charge in [0.15, 0.2) is 11.6 Å². The van der Waals surface area contributed by atoms with Crippen LogP contribution in [0.4, 0.5) is 18.9 Å². The molecule has 3 N–H and O–H groups in total. The Labute approximate surface area is 224 Å². The summed E-state index contributed by atoms with van der Waals surface area (Å²) in [5.41, 5.74) is 2.52. The molecule has 0 aromatic heterocycles. The average molecular weight is 554 g/mol. The molecule has 1 radical (unpaired) electrons. The number of hydrogen-bond acceptors (Lipinski definition) is 4. The van der Waals surface area contributed by atoms with E-state index in [1.807, 2.05) is 43.0 Å². The molecular formula is C28H28CoF3N3O2. The number of likely N-dealkylation sites (N-methyl/N-ethyl adjacent to an activating group) is 1. The molecule has 37 heavy (non-hydrogen) atoms. The van der Waals surface area contributed by atoms with E-state index < -0.39 is 22.9 Å². The number of aliphatic hydroxyl groups is 1. The van der Waals surface area contributed by atoms with Gasteiger partial charge in [-0.05, 0) is 73.9 Å². The predicted octanol–water partition coefficient (Wildman–Crippen LogP) is 6.55. The van der Waals surface area contributed by atoms with E-state index >= 15 is 0 Å². The molecule has 1 heterocycles. The molecule has 0 saturated heterocycles. The normalized spacial score (nSPS) is 16.8. The van der Waals surface area contributed by atoms with E-state index in [1.165, 1.54) is 6.21 Å². The number of nitrogens with one attached hydrogen (secondary N) is 2. The summed E-state index contributed by atoms with van der Waals surface area (Å²) in [7, 11) is 1.56. The number of anilines is 1. The van der Waals surface area contributed by atoms with Crippen molar-refractivity contribution >= 4 is 17.8 Å². The van der Waals surface area contributed by atoms with Gasteiger partial charge in [0.1, 0.15) is 11.6 Å². The first-order valence-electron chi connectivity index (χ1n) is 11.3. The second-order valence-corrected chi connectivity index (χ2v) is 8.43. The third-order valence-corrected chi connectivity index (χ3v) is 6.18. The molecule has 0 bridgehead atoms. The number of halogens is 3. The Hall–Kier alpha value is -3.56. The number of rotatable bonds is 6. The third-order valence-electron chi connectivity index (χ3n) is 6.18. The standard InChI is InChI=1S/C21H21F3N2O.C7H7NO.Co/c1-4-26-19-6-5-14(27-3)10-15(19)21(2,20(26)7-8-25)12-13-9-17(23)18(24)11-16(13)22;8-7(9)6-4-2-1-3-5-6;/h5-11,25H,4,12H2,1-3H3;1-5H,(H2,8,9);/b20-7-,25-8?;;. The minimum Gasteiger partial charge on any atom is -0.497 e. The Balaban J connectivity index is 0.000000408. The minimum absolute atomic E-state index is 0. The van der Waals surface area contributed by atoms with Crippen molar-refractivity contribution in [2.24, 2.45) is 0 Å². The van der Waals surface area contributed by atoms with Gasteiger partial charge >= 0.3 is 0 Å². The fourth-order valence-electron chi connectivity index (χ4n) is 4.44. The number of fused-ring (bicyclic) bond motifs is 1. The summed E-state index contributed by atoms with van der Waals surface area (Å²) in [6.45, 7) is 4.54. The fraction of sp³-hybridized carbons (Fsp3) is 0.214. The predicted molar refractivity (Wildman–Crippen MR) is 136 cm³/mol. The summed E-state index contributed by atoms with van der Waals surface area (Å²) < 4.78 is 46.8. The average Bonchev–Trinajstić information content (AvgIpc) is 3.10. The van der Waals surface area contributed by atoms with Crippen LogP contribution in [-0.4, -0.2) is 30.9 Å². The maximum absolute atomic E-state index is 14.4. The molecule has 1 aliphatic rings. The summed E-state index contributed by atoms with van der Waals surface area (Å²) in [6, 6.07) is 15.9. The van der Waals surface area contributed by atoms with Crippen LogP contribution in [0.5, 0.6) is 5.75 Å². The van der Waals surface area contributed by atoms with Crippen molar-refractivity contribution in [3.05, 3.63) is 107 Å². The van der Waals surface area contributed by atoms with Crippen LogP contribution >= 0.6 is 0 Å². The number of hydrogen-bond donors (Lipinski definition) is 3. The number of benzene rings is 3. The minimum atomic E-state index is -1.21. The quantitative estimate of drug-likeness (QED) is 0.184. The fourth-order valence-corrected chi connectivity index (χ4v) is 4.44. The van der Waals surface area contributed by atoms with Gasteiger partial charge in [0.05, 0.1) is 7.11 Å². The zero-order chi connectivity index (χ0) is 26.5. The first-order valence-corrected chi connectivity index (χ1v) is 11.3. The molecule has 197 valence electrons. The topological polar surface area (TPSA) is 80.4 Å². The van der Waals surface area contributed by atoms with E-state index in [2.05, 4.69) is 0 Å². The number of methoxy groups -OCH3 is 1. The largest absolute Gasteiger partial charge is 0.497 e. The van der Waals surface area contributed by atoms with Gasteiger partial charge in [0.2, 0.25) is 5.90 Å². The molecular weight excluding hydrogens is 526 g/mol. The first-order chi connectivity index (χ1) is 17.2.